The van der Waals surface area contributed by atoms with E-state index in [1.54, 1.807) is 0 Å². The van der Waals surface area contributed by atoms with Crippen LogP contribution in [-0.2, 0) is 10.2 Å². The SMILES string of the molecule is CC(=O)NCCC#Cc1ccc(C(C)(C)C)cc1. The number of carbonyl (C=O) groups excluding carboxylic acids is 1. The van der Waals surface area contributed by atoms with Crippen LogP contribution >= 0.6 is 0 Å². The third kappa shape index (κ3) is 5.05. The third-order valence-corrected chi connectivity index (χ3v) is 2.61. The summed E-state index contributed by atoms with van der Waals surface area (Å²) in [5, 5.41) is 2.72. The largest absolute Gasteiger partial charge is 0.355 e. The molecule has 0 aliphatic heterocycles. The number of carbonyl (C=O) groups is 1. The lowest BCUT2D eigenvalue weighted by Gasteiger charge is -2.18. The Labute approximate surface area is 110 Å². The molecule has 0 fully saturated rings. The lowest BCUT2D eigenvalue weighted by atomic mass is 9.87. The van der Waals surface area contributed by atoms with E-state index in [1.807, 2.05) is 12.1 Å². The average Bonchev–Trinajstić information content (AvgIpc) is 2.27. The van der Waals surface area contributed by atoms with E-state index in [1.165, 1.54) is 12.5 Å². The number of hydrogen-bond donors (Lipinski definition) is 1. The molecule has 0 saturated heterocycles. The lowest BCUT2D eigenvalue weighted by Crippen LogP contribution is -2.20. The molecule has 1 aromatic carbocycles. The van der Waals surface area contributed by atoms with Crippen LogP contribution < -0.4 is 5.32 Å². The van der Waals surface area contributed by atoms with E-state index < -0.39 is 0 Å². The molecule has 1 aromatic rings. The molecule has 1 amide bonds. The maximum absolute atomic E-state index is 10.6. The molecule has 0 aromatic heterocycles. The first-order chi connectivity index (χ1) is 8.39. The summed E-state index contributed by atoms with van der Waals surface area (Å²) in [6, 6.07) is 8.34. The molecule has 2 nitrogen and oxygen atoms in total. The monoisotopic (exact) mass is 243 g/mol. The van der Waals surface area contributed by atoms with Crippen LogP contribution in [0.3, 0.4) is 0 Å². The van der Waals surface area contributed by atoms with Crippen molar-refractivity contribution in [2.75, 3.05) is 6.54 Å². The summed E-state index contributed by atoms with van der Waals surface area (Å²) in [5.41, 5.74) is 2.51. The van der Waals surface area contributed by atoms with Gasteiger partial charge in [0.2, 0.25) is 5.91 Å². The Kier molecular flexibility index (Phi) is 4.97. The fourth-order valence-corrected chi connectivity index (χ4v) is 1.52. The predicted molar refractivity (Wildman–Crippen MR) is 75.3 cm³/mol. The summed E-state index contributed by atoms with van der Waals surface area (Å²) >= 11 is 0. The minimum Gasteiger partial charge on any atom is -0.355 e. The fraction of sp³-hybridized carbons (Fsp3) is 0.438. The summed E-state index contributed by atoms with van der Waals surface area (Å²) < 4.78 is 0. The van der Waals surface area contributed by atoms with E-state index >= 15 is 0 Å². The van der Waals surface area contributed by atoms with Crippen molar-refractivity contribution in [3.8, 4) is 11.8 Å². The minimum atomic E-state index is -0.00803. The molecule has 0 spiro atoms. The highest BCUT2D eigenvalue weighted by Crippen LogP contribution is 2.21. The fourth-order valence-electron chi connectivity index (χ4n) is 1.52. The highest BCUT2D eigenvalue weighted by Gasteiger charge is 2.12. The van der Waals surface area contributed by atoms with Gasteiger partial charge in [0.15, 0.2) is 0 Å². The molecule has 0 unspecified atom stereocenters. The van der Waals surface area contributed by atoms with Crippen molar-refractivity contribution in [3.63, 3.8) is 0 Å². The van der Waals surface area contributed by atoms with Gasteiger partial charge in [-0.05, 0) is 23.1 Å². The molecule has 0 saturated carbocycles. The molecular formula is C16H21NO. The summed E-state index contributed by atoms with van der Waals surface area (Å²) in [6.45, 7) is 8.71. The van der Waals surface area contributed by atoms with Gasteiger partial charge >= 0.3 is 0 Å². The standard InChI is InChI=1S/C16H21NO/c1-13(18)17-12-6-5-7-14-8-10-15(11-9-14)16(2,3)4/h8-11H,6,12H2,1-4H3,(H,17,18). The molecule has 0 aliphatic rings. The van der Waals surface area contributed by atoms with Crippen LogP contribution in [0.15, 0.2) is 24.3 Å². The van der Waals surface area contributed by atoms with Crippen molar-refractivity contribution >= 4 is 5.91 Å². The van der Waals surface area contributed by atoms with Crippen molar-refractivity contribution in [1.29, 1.82) is 0 Å². The van der Waals surface area contributed by atoms with E-state index in [-0.39, 0.29) is 11.3 Å². The van der Waals surface area contributed by atoms with Gasteiger partial charge < -0.3 is 5.32 Å². The van der Waals surface area contributed by atoms with Crippen LogP contribution in [0.1, 0.15) is 45.2 Å². The molecule has 0 bridgehead atoms. The topological polar surface area (TPSA) is 29.1 Å². The quantitative estimate of drug-likeness (QED) is 0.628. The molecule has 0 aliphatic carbocycles. The Morgan fingerprint density at radius 3 is 2.33 bits per heavy atom. The van der Waals surface area contributed by atoms with Gasteiger partial charge in [0.25, 0.3) is 0 Å². The van der Waals surface area contributed by atoms with Crippen LogP contribution in [0.25, 0.3) is 0 Å². The van der Waals surface area contributed by atoms with Crippen LogP contribution in [0.5, 0.6) is 0 Å². The second-order valence-corrected chi connectivity index (χ2v) is 5.36. The second-order valence-electron chi connectivity index (χ2n) is 5.36. The molecule has 0 atom stereocenters. The van der Waals surface area contributed by atoms with Crippen molar-refractivity contribution in [1.82, 2.24) is 5.32 Å². The maximum Gasteiger partial charge on any atom is 0.216 e. The Morgan fingerprint density at radius 2 is 1.83 bits per heavy atom. The van der Waals surface area contributed by atoms with Gasteiger partial charge in [0.05, 0.1) is 0 Å². The normalized spacial score (nSPS) is 10.4. The number of rotatable bonds is 2. The Morgan fingerprint density at radius 1 is 1.22 bits per heavy atom. The molecular weight excluding hydrogens is 222 g/mol. The summed E-state index contributed by atoms with van der Waals surface area (Å²) in [6.07, 6.45) is 0.681. The highest BCUT2D eigenvalue weighted by molar-refractivity contribution is 5.72. The van der Waals surface area contributed by atoms with E-state index in [4.69, 9.17) is 0 Å². The first-order valence-corrected chi connectivity index (χ1v) is 6.23. The third-order valence-electron chi connectivity index (χ3n) is 2.61. The number of nitrogens with one attached hydrogen (secondary N) is 1. The minimum absolute atomic E-state index is 0.00803. The second kappa shape index (κ2) is 6.26. The average molecular weight is 243 g/mol. The maximum atomic E-state index is 10.6. The Hall–Kier alpha value is -1.75. The molecule has 96 valence electrons. The zero-order valence-electron chi connectivity index (χ0n) is 11.6. The summed E-state index contributed by atoms with van der Waals surface area (Å²) in [7, 11) is 0. The van der Waals surface area contributed by atoms with Gasteiger partial charge in [-0.2, -0.15) is 0 Å². The zero-order chi connectivity index (χ0) is 13.6. The van der Waals surface area contributed by atoms with Gasteiger partial charge in [-0.1, -0.05) is 44.7 Å². The number of hydrogen-bond acceptors (Lipinski definition) is 1. The van der Waals surface area contributed by atoms with E-state index in [0.29, 0.717) is 13.0 Å². The van der Waals surface area contributed by atoms with Crippen molar-refractivity contribution < 1.29 is 4.79 Å². The summed E-state index contributed by atoms with van der Waals surface area (Å²) in [4.78, 5) is 10.6. The van der Waals surface area contributed by atoms with E-state index in [9.17, 15) is 4.79 Å². The lowest BCUT2D eigenvalue weighted by molar-refractivity contribution is -0.118. The summed E-state index contributed by atoms with van der Waals surface area (Å²) in [5.74, 6) is 6.14. The van der Waals surface area contributed by atoms with Crippen LogP contribution in [-0.4, -0.2) is 12.5 Å². The van der Waals surface area contributed by atoms with Gasteiger partial charge in [0.1, 0.15) is 0 Å². The Bertz CT molecular complexity index is 455. The number of amides is 1. The van der Waals surface area contributed by atoms with Gasteiger partial charge in [-0.3, -0.25) is 4.79 Å². The van der Waals surface area contributed by atoms with Crippen molar-refractivity contribution in [2.45, 2.75) is 39.5 Å². The zero-order valence-corrected chi connectivity index (χ0v) is 11.6. The highest BCUT2D eigenvalue weighted by atomic mass is 16.1. The van der Waals surface area contributed by atoms with Crippen LogP contribution in [0.4, 0.5) is 0 Å². The molecule has 18 heavy (non-hydrogen) atoms. The van der Waals surface area contributed by atoms with Gasteiger partial charge in [-0.25, -0.2) is 0 Å². The first kappa shape index (κ1) is 14.3. The van der Waals surface area contributed by atoms with Crippen molar-refractivity contribution in [3.05, 3.63) is 35.4 Å². The van der Waals surface area contributed by atoms with E-state index in [2.05, 4.69) is 50.1 Å². The molecule has 1 N–H and O–H groups in total. The molecule has 2 heteroatoms. The van der Waals surface area contributed by atoms with Crippen molar-refractivity contribution in [2.24, 2.45) is 0 Å². The molecule has 1 rings (SSSR count). The van der Waals surface area contributed by atoms with Crippen LogP contribution in [0.2, 0.25) is 0 Å². The van der Waals surface area contributed by atoms with E-state index in [0.717, 1.165) is 5.56 Å². The number of benzene rings is 1. The smallest absolute Gasteiger partial charge is 0.216 e. The van der Waals surface area contributed by atoms with Gasteiger partial charge in [-0.15, -0.1) is 0 Å². The molecule has 0 radical (unpaired) electrons. The predicted octanol–water partition coefficient (Wildman–Crippen LogP) is 2.86. The van der Waals surface area contributed by atoms with Gasteiger partial charge in [0, 0.05) is 25.5 Å². The molecule has 0 heterocycles. The first-order valence-electron chi connectivity index (χ1n) is 6.23. The van der Waals surface area contributed by atoms with Crippen LogP contribution in [0, 0.1) is 11.8 Å². The Balaban J connectivity index is 2.54.